The molecule has 1 aliphatic heterocycles. The summed E-state index contributed by atoms with van der Waals surface area (Å²) in [6, 6.07) is 7.74. The molecule has 1 amide bonds. The van der Waals surface area contributed by atoms with E-state index in [9.17, 15) is 4.79 Å². The number of carbonyl (C=O) groups is 1. The number of nitrogens with zero attached hydrogens (tertiary/aromatic N) is 1. The molecule has 2 rings (SSSR count). The molecule has 0 spiro atoms. The van der Waals surface area contributed by atoms with Gasteiger partial charge in [-0.25, -0.2) is 0 Å². The number of likely N-dealkylation sites (tertiary alicyclic amines) is 1. The molecule has 0 aliphatic carbocycles. The zero-order valence-corrected chi connectivity index (χ0v) is 11.2. The van der Waals surface area contributed by atoms with Crippen molar-refractivity contribution in [1.82, 2.24) is 4.90 Å². The zero-order chi connectivity index (χ0) is 13.1. The minimum atomic E-state index is -0.319. The van der Waals surface area contributed by atoms with Gasteiger partial charge in [0.25, 0.3) is 0 Å². The summed E-state index contributed by atoms with van der Waals surface area (Å²) in [5.41, 5.74) is 1.20. The van der Waals surface area contributed by atoms with Crippen LogP contribution in [0.3, 0.4) is 0 Å². The van der Waals surface area contributed by atoms with Gasteiger partial charge < -0.3 is 10.0 Å². The lowest BCUT2D eigenvalue weighted by Gasteiger charge is -2.36. The van der Waals surface area contributed by atoms with Crippen LogP contribution in [0.4, 0.5) is 0 Å². The molecule has 0 aromatic heterocycles. The van der Waals surface area contributed by atoms with Crippen LogP contribution in [0.15, 0.2) is 24.3 Å². The Balaban J connectivity index is 1.79. The molecule has 0 saturated carbocycles. The van der Waals surface area contributed by atoms with Crippen molar-refractivity contribution in [2.24, 2.45) is 5.92 Å². The van der Waals surface area contributed by atoms with Crippen molar-refractivity contribution in [3.63, 3.8) is 0 Å². The highest BCUT2D eigenvalue weighted by molar-refractivity contribution is 6.30. The lowest BCUT2D eigenvalue weighted by Crippen LogP contribution is -2.53. The third-order valence-corrected chi connectivity index (χ3v) is 3.49. The monoisotopic (exact) mass is 267 g/mol. The Kier molecular flexibility index (Phi) is 4.25. The van der Waals surface area contributed by atoms with Gasteiger partial charge in [-0.05, 0) is 30.0 Å². The Morgan fingerprint density at radius 2 is 2.06 bits per heavy atom. The molecule has 1 aliphatic rings. The molecule has 1 aromatic carbocycles. The topological polar surface area (TPSA) is 40.5 Å². The fraction of sp³-hybridized carbons (Fsp3) is 0.500. The predicted octanol–water partition coefficient (Wildman–Crippen LogP) is 2.11. The largest absolute Gasteiger partial charge is 0.389 e. The Hall–Kier alpha value is -1.06. The number of hydrogen-bond acceptors (Lipinski definition) is 2. The Labute approximate surface area is 112 Å². The number of amides is 1. The number of carbonyl (C=O) groups excluding carboxylic acids is 1. The minimum Gasteiger partial charge on any atom is -0.389 e. The Morgan fingerprint density at radius 3 is 2.61 bits per heavy atom. The van der Waals surface area contributed by atoms with Crippen LogP contribution in [0, 0.1) is 5.92 Å². The second kappa shape index (κ2) is 5.72. The Morgan fingerprint density at radius 1 is 1.44 bits per heavy atom. The molecule has 4 heteroatoms. The summed E-state index contributed by atoms with van der Waals surface area (Å²) in [5, 5.41) is 9.89. The fourth-order valence-corrected chi connectivity index (χ4v) is 2.31. The lowest BCUT2D eigenvalue weighted by molar-refractivity contribution is -0.142. The number of rotatable bonds is 4. The van der Waals surface area contributed by atoms with Crippen LogP contribution in [-0.4, -0.2) is 35.1 Å². The molecule has 1 fully saturated rings. The van der Waals surface area contributed by atoms with Gasteiger partial charge in [-0.3, -0.25) is 4.79 Å². The standard InChI is InChI=1S/C14H18ClNO2/c1-10(6-11-2-4-12(15)5-3-11)7-14(18)16-8-13(17)9-16/h2-5,10,13,17H,6-9H2,1H3. The molecule has 1 unspecified atom stereocenters. The van der Waals surface area contributed by atoms with E-state index in [1.807, 2.05) is 24.3 Å². The van der Waals surface area contributed by atoms with Gasteiger partial charge in [-0.2, -0.15) is 0 Å². The second-order valence-corrected chi connectivity index (χ2v) is 5.53. The summed E-state index contributed by atoms with van der Waals surface area (Å²) in [7, 11) is 0. The van der Waals surface area contributed by atoms with Crippen molar-refractivity contribution >= 4 is 17.5 Å². The summed E-state index contributed by atoms with van der Waals surface area (Å²) in [6.07, 6.45) is 1.09. The number of hydrogen-bond donors (Lipinski definition) is 1. The molecule has 3 nitrogen and oxygen atoms in total. The number of halogens is 1. The molecule has 1 heterocycles. The quantitative estimate of drug-likeness (QED) is 0.908. The highest BCUT2D eigenvalue weighted by atomic mass is 35.5. The maximum absolute atomic E-state index is 11.8. The minimum absolute atomic E-state index is 0.141. The van der Waals surface area contributed by atoms with Crippen LogP contribution in [0.25, 0.3) is 0 Å². The first kappa shape index (κ1) is 13.4. The van der Waals surface area contributed by atoms with E-state index in [1.165, 1.54) is 5.56 Å². The molecule has 0 radical (unpaired) electrons. The molecular weight excluding hydrogens is 250 g/mol. The SMILES string of the molecule is CC(CC(=O)N1CC(O)C1)Cc1ccc(Cl)cc1. The van der Waals surface area contributed by atoms with Crippen molar-refractivity contribution in [2.45, 2.75) is 25.9 Å². The van der Waals surface area contributed by atoms with Gasteiger partial charge in [0.15, 0.2) is 0 Å². The van der Waals surface area contributed by atoms with Crippen molar-refractivity contribution < 1.29 is 9.90 Å². The molecule has 0 bridgehead atoms. The third kappa shape index (κ3) is 3.47. The molecular formula is C14H18ClNO2. The lowest BCUT2D eigenvalue weighted by atomic mass is 9.97. The summed E-state index contributed by atoms with van der Waals surface area (Å²) in [5.74, 6) is 0.443. The van der Waals surface area contributed by atoms with Crippen LogP contribution < -0.4 is 0 Å². The fourth-order valence-electron chi connectivity index (χ4n) is 2.18. The number of aliphatic hydroxyl groups excluding tert-OH is 1. The van der Waals surface area contributed by atoms with E-state index < -0.39 is 0 Å². The first-order valence-corrected chi connectivity index (χ1v) is 6.62. The average Bonchev–Trinajstić information content (AvgIpc) is 2.28. The van der Waals surface area contributed by atoms with Crippen LogP contribution in [0.1, 0.15) is 18.9 Å². The normalized spacial score (nSPS) is 17.4. The molecule has 1 atom stereocenters. The zero-order valence-electron chi connectivity index (χ0n) is 10.5. The molecule has 18 heavy (non-hydrogen) atoms. The van der Waals surface area contributed by atoms with Crippen molar-refractivity contribution in [3.8, 4) is 0 Å². The second-order valence-electron chi connectivity index (χ2n) is 5.09. The van der Waals surface area contributed by atoms with Gasteiger partial charge in [0.2, 0.25) is 5.91 Å². The van der Waals surface area contributed by atoms with Crippen LogP contribution in [0.2, 0.25) is 5.02 Å². The van der Waals surface area contributed by atoms with Crippen molar-refractivity contribution in [1.29, 1.82) is 0 Å². The smallest absolute Gasteiger partial charge is 0.223 e. The van der Waals surface area contributed by atoms with Crippen molar-refractivity contribution in [3.05, 3.63) is 34.9 Å². The number of aliphatic hydroxyl groups is 1. The molecule has 1 N–H and O–H groups in total. The van der Waals surface area contributed by atoms with Crippen LogP contribution >= 0.6 is 11.6 Å². The van der Waals surface area contributed by atoms with Crippen LogP contribution in [0.5, 0.6) is 0 Å². The van der Waals surface area contributed by atoms with E-state index >= 15 is 0 Å². The first-order valence-electron chi connectivity index (χ1n) is 6.25. The van der Waals surface area contributed by atoms with E-state index in [-0.39, 0.29) is 12.0 Å². The maximum atomic E-state index is 11.8. The summed E-state index contributed by atoms with van der Waals surface area (Å²) < 4.78 is 0. The molecule has 98 valence electrons. The van der Waals surface area contributed by atoms with E-state index in [2.05, 4.69) is 6.92 Å². The highest BCUT2D eigenvalue weighted by Gasteiger charge is 2.29. The molecule has 1 aromatic rings. The van der Waals surface area contributed by atoms with Gasteiger partial charge >= 0.3 is 0 Å². The summed E-state index contributed by atoms with van der Waals surface area (Å²) in [6.45, 7) is 3.06. The van der Waals surface area contributed by atoms with Gasteiger partial charge in [-0.1, -0.05) is 30.7 Å². The number of β-amino-alcohol motifs (C(OH)–C–C–N with tert-alkyl or cyclic N) is 1. The van der Waals surface area contributed by atoms with Gasteiger partial charge in [0, 0.05) is 24.5 Å². The van der Waals surface area contributed by atoms with Gasteiger partial charge in [-0.15, -0.1) is 0 Å². The predicted molar refractivity (Wildman–Crippen MR) is 71.5 cm³/mol. The van der Waals surface area contributed by atoms with E-state index in [0.717, 1.165) is 11.4 Å². The maximum Gasteiger partial charge on any atom is 0.223 e. The van der Waals surface area contributed by atoms with Crippen molar-refractivity contribution in [2.75, 3.05) is 13.1 Å². The number of benzene rings is 1. The average molecular weight is 268 g/mol. The van der Waals surface area contributed by atoms with Crippen LogP contribution in [-0.2, 0) is 11.2 Å². The summed E-state index contributed by atoms with van der Waals surface area (Å²) >= 11 is 5.83. The third-order valence-electron chi connectivity index (χ3n) is 3.24. The first-order chi connectivity index (χ1) is 8.54. The van der Waals surface area contributed by atoms with E-state index in [0.29, 0.717) is 25.4 Å². The van der Waals surface area contributed by atoms with E-state index in [4.69, 9.17) is 16.7 Å². The summed E-state index contributed by atoms with van der Waals surface area (Å²) in [4.78, 5) is 13.5. The molecule has 1 saturated heterocycles. The van der Waals surface area contributed by atoms with Gasteiger partial charge in [0.1, 0.15) is 0 Å². The highest BCUT2D eigenvalue weighted by Crippen LogP contribution is 2.18. The van der Waals surface area contributed by atoms with Gasteiger partial charge in [0.05, 0.1) is 6.10 Å². The Bertz CT molecular complexity index is 412. The van der Waals surface area contributed by atoms with E-state index in [1.54, 1.807) is 4.90 Å².